The molecule has 0 radical (unpaired) electrons. The molecule has 29 heavy (non-hydrogen) atoms. The molecule has 4 aromatic rings. The van der Waals surface area contributed by atoms with Crippen molar-refractivity contribution in [2.24, 2.45) is 0 Å². The molecule has 146 valence electrons. The van der Waals surface area contributed by atoms with E-state index in [2.05, 4.69) is 51.5 Å². The van der Waals surface area contributed by atoms with Crippen LogP contribution in [0.5, 0.6) is 0 Å². The summed E-state index contributed by atoms with van der Waals surface area (Å²) < 4.78 is 2.02. The Morgan fingerprint density at radius 1 is 1.10 bits per heavy atom. The van der Waals surface area contributed by atoms with Gasteiger partial charge in [0.15, 0.2) is 16.1 Å². The number of hydrogen-bond donors (Lipinski definition) is 1. The van der Waals surface area contributed by atoms with Crippen LogP contribution in [-0.2, 0) is 4.79 Å². The molecule has 0 saturated heterocycles. The highest BCUT2D eigenvalue weighted by molar-refractivity contribution is 7.99. The molecular formula is C20H18N6OS2. The van der Waals surface area contributed by atoms with Gasteiger partial charge in [-0.05, 0) is 37.1 Å². The van der Waals surface area contributed by atoms with Gasteiger partial charge in [0.1, 0.15) is 0 Å². The van der Waals surface area contributed by atoms with E-state index in [1.165, 1.54) is 23.1 Å². The average Bonchev–Trinajstić information content (AvgIpc) is 3.37. The highest BCUT2D eigenvalue weighted by Gasteiger charge is 2.20. The number of nitrogens with zero attached hydrogens (tertiary/aromatic N) is 5. The predicted molar refractivity (Wildman–Crippen MR) is 116 cm³/mol. The lowest BCUT2D eigenvalue weighted by molar-refractivity contribution is -0.113. The fraction of sp³-hybridized carbons (Fsp3) is 0.150. The van der Waals surface area contributed by atoms with Gasteiger partial charge in [-0.2, -0.15) is 0 Å². The smallest absolute Gasteiger partial charge is 0.236 e. The molecule has 0 aliphatic rings. The van der Waals surface area contributed by atoms with Crippen LogP contribution in [0, 0.1) is 13.8 Å². The first-order valence-electron chi connectivity index (χ1n) is 8.88. The zero-order chi connectivity index (χ0) is 20.2. The van der Waals surface area contributed by atoms with Crippen LogP contribution in [-0.4, -0.2) is 36.4 Å². The van der Waals surface area contributed by atoms with Crippen molar-refractivity contribution in [3.63, 3.8) is 0 Å². The number of thiazole rings is 1. The first-order valence-corrected chi connectivity index (χ1v) is 10.7. The van der Waals surface area contributed by atoms with Crippen molar-refractivity contribution in [2.75, 3.05) is 11.1 Å². The zero-order valence-electron chi connectivity index (χ0n) is 15.9. The topological polar surface area (TPSA) is 85.6 Å². The van der Waals surface area contributed by atoms with Crippen LogP contribution in [0.2, 0.25) is 0 Å². The summed E-state index contributed by atoms with van der Waals surface area (Å²) in [6.07, 6.45) is 5.12. The highest BCUT2D eigenvalue weighted by Crippen LogP contribution is 2.31. The lowest BCUT2D eigenvalue weighted by Gasteiger charge is -2.15. The minimum Gasteiger partial charge on any atom is -0.301 e. The molecule has 0 aliphatic carbocycles. The van der Waals surface area contributed by atoms with E-state index in [9.17, 15) is 4.79 Å². The number of nitrogens with one attached hydrogen (secondary N) is 1. The first kappa shape index (κ1) is 19.3. The lowest BCUT2D eigenvalue weighted by atomic mass is 10.1. The van der Waals surface area contributed by atoms with Gasteiger partial charge in [0.05, 0.1) is 11.4 Å². The highest BCUT2D eigenvalue weighted by atomic mass is 32.2. The van der Waals surface area contributed by atoms with Crippen LogP contribution in [0.25, 0.3) is 17.1 Å². The number of carbonyl (C=O) groups excluding carboxylic acids is 1. The van der Waals surface area contributed by atoms with Gasteiger partial charge in [-0.25, -0.2) is 4.98 Å². The summed E-state index contributed by atoms with van der Waals surface area (Å²) in [5.41, 5.74) is 4.14. The molecule has 4 rings (SSSR count). The molecule has 1 amide bonds. The number of benzene rings is 1. The zero-order valence-corrected chi connectivity index (χ0v) is 17.5. The van der Waals surface area contributed by atoms with Crippen molar-refractivity contribution in [2.45, 2.75) is 19.0 Å². The van der Waals surface area contributed by atoms with Crippen molar-refractivity contribution in [1.82, 2.24) is 24.7 Å². The van der Waals surface area contributed by atoms with Crippen LogP contribution in [0.4, 0.5) is 5.13 Å². The molecule has 9 heteroatoms. The van der Waals surface area contributed by atoms with E-state index in [-0.39, 0.29) is 11.7 Å². The van der Waals surface area contributed by atoms with Gasteiger partial charge in [0.2, 0.25) is 5.91 Å². The molecule has 7 nitrogen and oxygen atoms in total. The number of para-hydroxylation sites is 1. The Balaban J connectivity index is 1.69. The van der Waals surface area contributed by atoms with Crippen LogP contribution in [0.1, 0.15) is 11.1 Å². The molecule has 0 bridgehead atoms. The largest absolute Gasteiger partial charge is 0.301 e. The van der Waals surface area contributed by atoms with Gasteiger partial charge in [0, 0.05) is 29.5 Å². The summed E-state index contributed by atoms with van der Waals surface area (Å²) in [5, 5.41) is 14.7. The normalized spacial score (nSPS) is 10.8. The molecule has 0 fully saturated rings. The van der Waals surface area contributed by atoms with Gasteiger partial charge in [-0.3, -0.25) is 14.3 Å². The standard InChI is InChI=1S/C20H18N6OS2/c1-13-4-3-5-14(2)17(13)26-18(15-6-8-21-9-7-15)24-25-20(26)29-12-16(27)23-19-22-10-11-28-19/h3-11H,12H2,1-2H3,(H,22,23,27). The van der Waals surface area contributed by atoms with Crippen molar-refractivity contribution < 1.29 is 4.79 Å². The van der Waals surface area contributed by atoms with E-state index in [1.54, 1.807) is 18.6 Å². The SMILES string of the molecule is Cc1cccc(C)c1-n1c(SCC(=O)Nc2nccs2)nnc1-c1ccncc1. The number of rotatable bonds is 6. The van der Waals surface area contributed by atoms with E-state index in [1.807, 2.05) is 28.1 Å². The molecule has 1 aromatic carbocycles. The second-order valence-electron chi connectivity index (χ2n) is 6.29. The number of pyridine rings is 1. The second kappa shape index (κ2) is 8.54. The Morgan fingerprint density at radius 3 is 2.55 bits per heavy atom. The minimum atomic E-state index is -0.133. The Labute approximate surface area is 176 Å². The van der Waals surface area contributed by atoms with Gasteiger partial charge in [-0.15, -0.1) is 21.5 Å². The van der Waals surface area contributed by atoms with Gasteiger partial charge in [-0.1, -0.05) is 30.0 Å². The van der Waals surface area contributed by atoms with Gasteiger partial charge >= 0.3 is 0 Å². The molecule has 0 spiro atoms. The molecule has 3 aromatic heterocycles. The first-order chi connectivity index (χ1) is 14.1. The number of anilines is 1. The molecule has 3 heterocycles. The van der Waals surface area contributed by atoms with Crippen LogP contribution in [0.3, 0.4) is 0 Å². The van der Waals surface area contributed by atoms with Crippen LogP contribution < -0.4 is 5.32 Å². The van der Waals surface area contributed by atoms with Gasteiger partial charge in [0.25, 0.3) is 0 Å². The number of aryl methyl sites for hydroxylation is 2. The predicted octanol–water partition coefficient (Wildman–Crippen LogP) is 4.13. The number of thioether (sulfide) groups is 1. The van der Waals surface area contributed by atoms with E-state index in [0.717, 1.165) is 22.4 Å². The summed E-state index contributed by atoms with van der Waals surface area (Å²) >= 11 is 2.73. The maximum Gasteiger partial charge on any atom is 0.236 e. The van der Waals surface area contributed by atoms with E-state index >= 15 is 0 Å². The van der Waals surface area contributed by atoms with Gasteiger partial charge < -0.3 is 5.32 Å². The monoisotopic (exact) mass is 422 g/mol. The Bertz CT molecular complexity index is 1110. The fourth-order valence-corrected chi connectivity index (χ4v) is 4.26. The summed E-state index contributed by atoms with van der Waals surface area (Å²) in [6.45, 7) is 4.12. The summed E-state index contributed by atoms with van der Waals surface area (Å²) in [4.78, 5) is 20.5. The van der Waals surface area contributed by atoms with Crippen LogP contribution in [0.15, 0.2) is 59.5 Å². The van der Waals surface area contributed by atoms with Crippen molar-refractivity contribution in [3.8, 4) is 17.1 Å². The molecular weight excluding hydrogens is 404 g/mol. The van der Waals surface area contributed by atoms with Crippen LogP contribution >= 0.6 is 23.1 Å². The maximum atomic E-state index is 12.3. The van der Waals surface area contributed by atoms with Crippen molar-refractivity contribution in [3.05, 3.63) is 65.4 Å². The number of hydrogen-bond acceptors (Lipinski definition) is 7. The van der Waals surface area contributed by atoms with E-state index in [4.69, 9.17) is 0 Å². The molecule has 0 aliphatic heterocycles. The second-order valence-corrected chi connectivity index (χ2v) is 8.13. The third-order valence-electron chi connectivity index (χ3n) is 4.25. The third kappa shape index (κ3) is 4.20. The number of aromatic nitrogens is 5. The summed E-state index contributed by atoms with van der Waals surface area (Å²) in [5.74, 6) is 0.790. The third-order valence-corrected chi connectivity index (χ3v) is 5.86. The number of carbonyl (C=O) groups is 1. The summed E-state index contributed by atoms with van der Waals surface area (Å²) in [7, 11) is 0. The fourth-order valence-electron chi connectivity index (χ4n) is 2.98. The minimum absolute atomic E-state index is 0.133. The molecule has 0 saturated carbocycles. The Morgan fingerprint density at radius 2 is 1.86 bits per heavy atom. The summed E-state index contributed by atoms with van der Waals surface area (Å²) in [6, 6.07) is 9.94. The quantitative estimate of drug-likeness (QED) is 0.470. The maximum absolute atomic E-state index is 12.3. The molecule has 1 N–H and O–H groups in total. The van der Waals surface area contributed by atoms with Crippen molar-refractivity contribution >= 4 is 34.1 Å². The molecule has 0 unspecified atom stereocenters. The average molecular weight is 423 g/mol. The Kier molecular flexibility index (Phi) is 5.68. The Hall–Kier alpha value is -3.04. The molecule has 0 atom stereocenters. The van der Waals surface area contributed by atoms with E-state index in [0.29, 0.717) is 16.1 Å². The van der Waals surface area contributed by atoms with E-state index < -0.39 is 0 Å². The number of amides is 1. The van der Waals surface area contributed by atoms with Crippen molar-refractivity contribution in [1.29, 1.82) is 0 Å². The lowest BCUT2D eigenvalue weighted by Crippen LogP contribution is -2.14.